The van der Waals surface area contributed by atoms with Crippen molar-refractivity contribution in [2.45, 2.75) is 6.42 Å². The van der Waals surface area contributed by atoms with Crippen LogP contribution in [0.25, 0.3) is 17.2 Å². The number of thioether (sulfide) groups is 1. The highest BCUT2D eigenvalue weighted by Gasteiger charge is 2.32. The van der Waals surface area contributed by atoms with Crippen LogP contribution >= 0.6 is 24.0 Å². The molecule has 2 amide bonds. The molecular weight excluding hydrogens is 562 g/mol. The van der Waals surface area contributed by atoms with Gasteiger partial charge in [0.15, 0.2) is 23.1 Å². The molecule has 4 rings (SSSR count). The van der Waals surface area contributed by atoms with Crippen LogP contribution in [0.4, 0.5) is 14.5 Å². The molecule has 0 aliphatic carbocycles. The molecule has 1 saturated heterocycles. The molecule has 3 aromatic rings. The number of carbonyl (C=O) groups excluding carboxylic acids is 2. The molecule has 0 radical (unpaired) electrons. The molecule has 0 aromatic heterocycles. The molecule has 1 heterocycles. The summed E-state index contributed by atoms with van der Waals surface area (Å²) in [4.78, 5) is 38.1. The standard InChI is InChI=1S/C28H22F2N2O6S2/c1-37-22-12-15(11-19(25(22)38-2)17-5-8-20(29)21(30)14-17)13-23-26(34)32(28(39)40-23)10-9-24(33)31-18-6-3-16(4-7-18)27(35)36/h3-8,11-14H,9-10H2,1-2H3,(H,31,33)(H,35,36)/b23-13-. The van der Waals surface area contributed by atoms with Crippen molar-refractivity contribution in [3.05, 3.63) is 82.3 Å². The molecule has 2 N–H and O–H groups in total. The van der Waals surface area contributed by atoms with E-state index in [1.54, 1.807) is 18.2 Å². The maximum absolute atomic E-state index is 14.0. The van der Waals surface area contributed by atoms with Crippen LogP contribution < -0.4 is 14.8 Å². The first-order chi connectivity index (χ1) is 19.1. The molecule has 40 heavy (non-hydrogen) atoms. The smallest absolute Gasteiger partial charge is 0.335 e. The number of benzene rings is 3. The van der Waals surface area contributed by atoms with Crippen molar-refractivity contribution in [2.75, 3.05) is 26.1 Å². The van der Waals surface area contributed by atoms with E-state index >= 15 is 0 Å². The summed E-state index contributed by atoms with van der Waals surface area (Å²) < 4.78 is 38.7. The lowest BCUT2D eigenvalue weighted by Crippen LogP contribution is -2.31. The quantitative estimate of drug-likeness (QED) is 0.248. The van der Waals surface area contributed by atoms with E-state index in [-0.39, 0.29) is 28.8 Å². The van der Waals surface area contributed by atoms with E-state index in [9.17, 15) is 23.2 Å². The van der Waals surface area contributed by atoms with Gasteiger partial charge in [-0.25, -0.2) is 13.6 Å². The van der Waals surface area contributed by atoms with Crippen LogP contribution in [0.3, 0.4) is 0 Å². The molecule has 0 spiro atoms. The van der Waals surface area contributed by atoms with E-state index < -0.39 is 23.5 Å². The minimum Gasteiger partial charge on any atom is -0.493 e. The van der Waals surface area contributed by atoms with Gasteiger partial charge < -0.3 is 19.9 Å². The van der Waals surface area contributed by atoms with Crippen LogP contribution in [-0.4, -0.2) is 52.9 Å². The third-order valence-electron chi connectivity index (χ3n) is 5.88. The lowest BCUT2D eigenvalue weighted by Gasteiger charge is -2.15. The number of aromatic carboxylic acids is 1. The third-order valence-corrected chi connectivity index (χ3v) is 7.26. The lowest BCUT2D eigenvalue weighted by atomic mass is 10.0. The number of anilines is 1. The molecule has 1 aliphatic heterocycles. The normalized spacial score (nSPS) is 14.0. The van der Waals surface area contributed by atoms with Crippen molar-refractivity contribution >= 4 is 57.8 Å². The van der Waals surface area contributed by atoms with Gasteiger partial charge in [-0.15, -0.1) is 0 Å². The maximum Gasteiger partial charge on any atom is 0.335 e. The van der Waals surface area contributed by atoms with Gasteiger partial charge in [-0.2, -0.15) is 0 Å². The Bertz CT molecular complexity index is 1540. The van der Waals surface area contributed by atoms with Crippen LogP contribution in [0.15, 0.2) is 59.5 Å². The zero-order chi connectivity index (χ0) is 29.0. The number of nitrogens with zero attached hydrogens (tertiary/aromatic N) is 1. The monoisotopic (exact) mass is 584 g/mol. The number of hydrogen-bond acceptors (Lipinski definition) is 7. The Morgan fingerprint density at radius 1 is 1.05 bits per heavy atom. The summed E-state index contributed by atoms with van der Waals surface area (Å²) in [5, 5.41) is 11.6. The average Bonchev–Trinajstić information content (AvgIpc) is 3.20. The highest BCUT2D eigenvalue weighted by atomic mass is 32.2. The topological polar surface area (TPSA) is 105 Å². The highest BCUT2D eigenvalue weighted by Crippen LogP contribution is 2.41. The molecule has 8 nitrogen and oxygen atoms in total. The van der Waals surface area contributed by atoms with Gasteiger partial charge in [0.25, 0.3) is 5.91 Å². The summed E-state index contributed by atoms with van der Waals surface area (Å²) in [7, 11) is 2.86. The van der Waals surface area contributed by atoms with Gasteiger partial charge in [-0.3, -0.25) is 14.5 Å². The Labute approximate surface area is 237 Å². The Kier molecular flexibility index (Phi) is 8.80. The first-order valence-corrected chi connectivity index (χ1v) is 12.9. The summed E-state index contributed by atoms with van der Waals surface area (Å²) in [6.07, 6.45) is 1.55. The number of methoxy groups -OCH3 is 2. The molecule has 0 atom stereocenters. The largest absolute Gasteiger partial charge is 0.493 e. The zero-order valence-electron chi connectivity index (χ0n) is 21.2. The van der Waals surface area contributed by atoms with E-state index in [1.165, 1.54) is 49.5 Å². The molecule has 1 fully saturated rings. The van der Waals surface area contributed by atoms with Crippen molar-refractivity contribution in [1.82, 2.24) is 4.90 Å². The van der Waals surface area contributed by atoms with Crippen molar-refractivity contribution in [3.63, 3.8) is 0 Å². The highest BCUT2D eigenvalue weighted by molar-refractivity contribution is 8.26. The minimum atomic E-state index is -1.08. The number of amides is 2. The molecule has 0 bridgehead atoms. The number of halogens is 2. The van der Waals surface area contributed by atoms with Crippen LogP contribution in [0.5, 0.6) is 11.5 Å². The third kappa shape index (κ3) is 6.29. The molecule has 0 saturated carbocycles. The van der Waals surface area contributed by atoms with E-state index in [1.807, 2.05) is 0 Å². The second-order valence-electron chi connectivity index (χ2n) is 8.45. The van der Waals surface area contributed by atoms with Crippen LogP contribution in [0, 0.1) is 11.6 Å². The first kappa shape index (κ1) is 28.7. The number of nitrogens with one attached hydrogen (secondary N) is 1. The van der Waals surface area contributed by atoms with E-state index in [4.69, 9.17) is 26.8 Å². The summed E-state index contributed by atoms with van der Waals surface area (Å²) in [6, 6.07) is 12.4. The molecule has 3 aromatic carbocycles. The number of carbonyl (C=O) groups is 3. The molecular formula is C28H22F2N2O6S2. The number of carboxylic acids is 1. The fourth-order valence-corrected chi connectivity index (χ4v) is 5.23. The van der Waals surface area contributed by atoms with Crippen LogP contribution in [0.1, 0.15) is 22.3 Å². The summed E-state index contributed by atoms with van der Waals surface area (Å²) >= 11 is 6.43. The summed E-state index contributed by atoms with van der Waals surface area (Å²) in [5.74, 6) is -3.23. The van der Waals surface area contributed by atoms with E-state index in [0.717, 1.165) is 23.9 Å². The Balaban J connectivity index is 1.51. The number of ether oxygens (including phenoxy) is 2. The van der Waals surface area contributed by atoms with E-state index in [2.05, 4.69) is 5.32 Å². The van der Waals surface area contributed by atoms with Gasteiger partial charge in [-0.05, 0) is 65.7 Å². The van der Waals surface area contributed by atoms with E-state index in [0.29, 0.717) is 38.8 Å². The lowest BCUT2D eigenvalue weighted by molar-refractivity contribution is -0.122. The molecule has 206 valence electrons. The maximum atomic E-state index is 14.0. The number of rotatable bonds is 9. The molecule has 1 aliphatic rings. The Hall–Kier alpha value is -4.29. The van der Waals surface area contributed by atoms with Gasteiger partial charge in [0.1, 0.15) is 4.32 Å². The fourth-order valence-electron chi connectivity index (χ4n) is 3.92. The molecule has 12 heteroatoms. The SMILES string of the molecule is COc1cc(/C=C2\SC(=S)N(CCC(=O)Nc3ccc(C(=O)O)cc3)C2=O)cc(-c2ccc(F)c(F)c2)c1OC. The fraction of sp³-hybridized carbons (Fsp3) is 0.143. The van der Waals surface area contributed by atoms with Crippen molar-refractivity contribution < 1.29 is 37.7 Å². The predicted octanol–water partition coefficient (Wildman–Crippen LogP) is 5.58. The first-order valence-electron chi connectivity index (χ1n) is 11.7. The predicted molar refractivity (Wildman–Crippen MR) is 151 cm³/mol. The Morgan fingerprint density at radius 3 is 2.40 bits per heavy atom. The average molecular weight is 585 g/mol. The second-order valence-corrected chi connectivity index (χ2v) is 10.1. The second kappa shape index (κ2) is 12.3. The van der Waals surface area contributed by atoms with Gasteiger partial charge in [0, 0.05) is 24.2 Å². The van der Waals surface area contributed by atoms with Crippen molar-refractivity contribution in [2.24, 2.45) is 0 Å². The number of hydrogen-bond donors (Lipinski definition) is 2. The van der Waals surface area contributed by atoms with Gasteiger partial charge in [0.2, 0.25) is 5.91 Å². The number of thiocarbonyl (C=S) groups is 1. The van der Waals surface area contributed by atoms with Crippen molar-refractivity contribution in [1.29, 1.82) is 0 Å². The minimum absolute atomic E-state index is 0.0348. The van der Waals surface area contributed by atoms with Crippen molar-refractivity contribution in [3.8, 4) is 22.6 Å². The van der Waals surface area contributed by atoms with Gasteiger partial charge in [0.05, 0.1) is 24.7 Å². The summed E-state index contributed by atoms with van der Waals surface area (Å²) in [6.45, 7) is 0.0348. The van der Waals surface area contributed by atoms with Gasteiger partial charge in [-0.1, -0.05) is 30.0 Å². The van der Waals surface area contributed by atoms with Crippen LogP contribution in [-0.2, 0) is 9.59 Å². The zero-order valence-corrected chi connectivity index (χ0v) is 22.8. The summed E-state index contributed by atoms with van der Waals surface area (Å²) in [5.41, 5.74) is 1.82. The van der Waals surface area contributed by atoms with Crippen LogP contribution in [0.2, 0.25) is 0 Å². The molecule has 0 unspecified atom stereocenters. The number of carboxylic acid groups (broad SMARTS) is 1. The van der Waals surface area contributed by atoms with Gasteiger partial charge >= 0.3 is 5.97 Å². The Morgan fingerprint density at radius 2 is 1.77 bits per heavy atom.